The predicted molar refractivity (Wildman–Crippen MR) is 82.3 cm³/mol. The molecular weight excluding hydrogens is 244 g/mol. The number of hydrogen-bond donors (Lipinski definition) is 1. The van der Waals surface area contributed by atoms with Crippen molar-refractivity contribution < 1.29 is 5.11 Å². The Kier molecular flexibility index (Phi) is 3.07. The summed E-state index contributed by atoms with van der Waals surface area (Å²) in [6.07, 6.45) is 17.2. The molecule has 6 atom stereocenters. The molecule has 0 radical (unpaired) electrons. The molecule has 0 bridgehead atoms. The van der Waals surface area contributed by atoms with Gasteiger partial charge in [0.15, 0.2) is 0 Å². The van der Waals surface area contributed by atoms with Crippen molar-refractivity contribution in [2.75, 3.05) is 6.61 Å². The van der Waals surface area contributed by atoms with Crippen LogP contribution in [-0.4, -0.2) is 11.7 Å². The third-order valence-corrected chi connectivity index (χ3v) is 8.00. The number of allylic oxidation sites excluding steroid dienone is 2. The van der Waals surface area contributed by atoms with Crippen LogP contribution in [0.1, 0.15) is 64.7 Å². The van der Waals surface area contributed by atoms with Gasteiger partial charge in [0.05, 0.1) is 0 Å². The molecule has 0 aromatic heterocycles. The minimum absolute atomic E-state index is 0.252. The fourth-order valence-corrected chi connectivity index (χ4v) is 6.93. The molecule has 1 N–H and O–H groups in total. The monoisotopic (exact) mass is 274 g/mol. The first-order chi connectivity index (χ1) is 9.70. The average Bonchev–Trinajstić information content (AvgIpc) is 2.88. The summed E-state index contributed by atoms with van der Waals surface area (Å²) in [5.74, 6) is 3.47. The van der Waals surface area contributed by atoms with E-state index in [9.17, 15) is 5.11 Å². The van der Waals surface area contributed by atoms with Gasteiger partial charge in [-0.3, -0.25) is 0 Å². The summed E-state index contributed by atoms with van der Waals surface area (Å²) in [6, 6.07) is 0. The van der Waals surface area contributed by atoms with Crippen molar-refractivity contribution >= 4 is 0 Å². The van der Waals surface area contributed by atoms with E-state index in [0.29, 0.717) is 12.0 Å². The van der Waals surface area contributed by atoms with Crippen molar-refractivity contribution in [3.05, 3.63) is 12.2 Å². The lowest BCUT2D eigenvalue weighted by Gasteiger charge is -2.59. The highest BCUT2D eigenvalue weighted by Gasteiger charge is 2.58. The topological polar surface area (TPSA) is 20.2 Å². The van der Waals surface area contributed by atoms with Crippen LogP contribution < -0.4 is 0 Å². The minimum atomic E-state index is 0.252. The van der Waals surface area contributed by atoms with Gasteiger partial charge in [0.1, 0.15) is 0 Å². The summed E-state index contributed by atoms with van der Waals surface area (Å²) in [6.45, 7) is 3.01. The van der Waals surface area contributed by atoms with Gasteiger partial charge in [-0.1, -0.05) is 25.5 Å². The fourth-order valence-electron chi connectivity index (χ4n) is 6.93. The van der Waals surface area contributed by atoms with Crippen molar-refractivity contribution in [1.29, 1.82) is 0 Å². The van der Waals surface area contributed by atoms with Gasteiger partial charge in [-0.25, -0.2) is 0 Å². The molecule has 4 aliphatic carbocycles. The van der Waals surface area contributed by atoms with Gasteiger partial charge in [0.2, 0.25) is 0 Å². The number of rotatable bonds is 1. The summed E-state index contributed by atoms with van der Waals surface area (Å²) in [4.78, 5) is 0. The molecule has 0 saturated heterocycles. The lowest BCUT2D eigenvalue weighted by Crippen LogP contribution is -2.54. The standard InChI is InChI=1S/C19H30O/c1-18-10-4-6-16(18)15-8-7-14-5-2-3-11-19(14,13-20)17(15)9-12-18/h2-3,14-17,20H,4-13H2,1H3/t14?,15-,16-,17-,18-,19+/m0/s1. The maximum absolute atomic E-state index is 10.3. The van der Waals surface area contributed by atoms with E-state index >= 15 is 0 Å². The molecule has 0 aliphatic heterocycles. The van der Waals surface area contributed by atoms with E-state index in [2.05, 4.69) is 19.1 Å². The first-order valence-corrected chi connectivity index (χ1v) is 8.95. The highest BCUT2D eigenvalue weighted by molar-refractivity contribution is 5.12. The lowest BCUT2D eigenvalue weighted by atomic mass is 9.46. The van der Waals surface area contributed by atoms with Crippen LogP contribution in [0, 0.1) is 34.5 Å². The molecular formula is C19H30O. The zero-order chi connectivity index (χ0) is 13.8. The second kappa shape index (κ2) is 4.60. The largest absolute Gasteiger partial charge is 0.396 e. The molecule has 20 heavy (non-hydrogen) atoms. The number of hydrogen-bond acceptors (Lipinski definition) is 1. The molecule has 112 valence electrons. The predicted octanol–water partition coefficient (Wildman–Crippen LogP) is 4.56. The number of fused-ring (bicyclic) bond motifs is 5. The Bertz CT molecular complexity index is 414. The lowest BCUT2D eigenvalue weighted by molar-refractivity contribution is -0.118. The Labute approximate surface area is 123 Å². The molecule has 0 aromatic rings. The van der Waals surface area contributed by atoms with Gasteiger partial charge in [0.25, 0.3) is 0 Å². The van der Waals surface area contributed by atoms with Crippen LogP contribution in [0.25, 0.3) is 0 Å². The molecule has 0 heterocycles. The second-order valence-corrected chi connectivity index (χ2v) is 8.54. The highest BCUT2D eigenvalue weighted by Crippen LogP contribution is 2.65. The number of aliphatic hydroxyl groups excluding tert-OH is 1. The third kappa shape index (κ3) is 1.65. The zero-order valence-corrected chi connectivity index (χ0v) is 13.0. The van der Waals surface area contributed by atoms with Crippen molar-refractivity contribution in [3.63, 3.8) is 0 Å². The van der Waals surface area contributed by atoms with Crippen LogP contribution in [0.15, 0.2) is 12.2 Å². The summed E-state index contributed by atoms with van der Waals surface area (Å²) in [5.41, 5.74) is 0.900. The maximum atomic E-state index is 10.3. The highest BCUT2D eigenvalue weighted by atomic mass is 16.3. The van der Waals surface area contributed by atoms with Crippen LogP contribution in [-0.2, 0) is 0 Å². The third-order valence-electron chi connectivity index (χ3n) is 8.00. The van der Waals surface area contributed by atoms with Crippen LogP contribution in [0.3, 0.4) is 0 Å². The van der Waals surface area contributed by atoms with Gasteiger partial charge in [-0.2, -0.15) is 0 Å². The molecule has 4 rings (SSSR count). The molecule has 0 spiro atoms. The first-order valence-electron chi connectivity index (χ1n) is 8.95. The van der Waals surface area contributed by atoms with E-state index in [1.165, 1.54) is 51.4 Å². The number of aliphatic hydroxyl groups is 1. The molecule has 1 unspecified atom stereocenters. The maximum Gasteiger partial charge on any atom is 0.0495 e. The minimum Gasteiger partial charge on any atom is -0.396 e. The van der Waals surface area contributed by atoms with Gasteiger partial charge < -0.3 is 5.11 Å². The first kappa shape index (κ1) is 13.4. The Hall–Kier alpha value is -0.300. The second-order valence-electron chi connectivity index (χ2n) is 8.54. The Morgan fingerprint density at radius 1 is 1.05 bits per heavy atom. The van der Waals surface area contributed by atoms with E-state index in [4.69, 9.17) is 0 Å². The summed E-state index contributed by atoms with van der Waals surface area (Å²) >= 11 is 0. The summed E-state index contributed by atoms with van der Waals surface area (Å²) in [7, 11) is 0. The molecule has 0 aromatic carbocycles. The van der Waals surface area contributed by atoms with Gasteiger partial charge in [0, 0.05) is 12.0 Å². The van der Waals surface area contributed by atoms with Crippen LogP contribution in [0.4, 0.5) is 0 Å². The molecule has 3 saturated carbocycles. The van der Waals surface area contributed by atoms with E-state index < -0.39 is 0 Å². The van der Waals surface area contributed by atoms with Crippen LogP contribution in [0.5, 0.6) is 0 Å². The van der Waals surface area contributed by atoms with Crippen molar-refractivity contribution in [2.24, 2.45) is 34.5 Å². The van der Waals surface area contributed by atoms with Crippen molar-refractivity contribution in [2.45, 2.75) is 64.7 Å². The fraction of sp³-hybridized carbons (Fsp3) is 0.895. The van der Waals surface area contributed by atoms with Crippen molar-refractivity contribution in [1.82, 2.24) is 0 Å². The Morgan fingerprint density at radius 2 is 1.95 bits per heavy atom. The quantitative estimate of drug-likeness (QED) is 0.695. The average molecular weight is 274 g/mol. The van der Waals surface area contributed by atoms with Gasteiger partial charge in [-0.15, -0.1) is 0 Å². The van der Waals surface area contributed by atoms with Gasteiger partial charge >= 0.3 is 0 Å². The molecule has 3 fully saturated rings. The van der Waals surface area contributed by atoms with Crippen LogP contribution >= 0.6 is 0 Å². The van der Waals surface area contributed by atoms with Crippen LogP contribution in [0.2, 0.25) is 0 Å². The molecule has 0 amide bonds. The van der Waals surface area contributed by atoms with E-state index in [0.717, 1.165) is 30.1 Å². The van der Waals surface area contributed by atoms with Gasteiger partial charge in [-0.05, 0) is 80.5 Å². The summed E-state index contributed by atoms with van der Waals surface area (Å²) in [5, 5.41) is 10.3. The molecule has 1 heteroatoms. The van der Waals surface area contributed by atoms with E-state index in [1.807, 2.05) is 0 Å². The smallest absolute Gasteiger partial charge is 0.0495 e. The SMILES string of the molecule is C[C@@]12CCC[C@H]1[C@@H]1CCC3CC=CC[C@]3(CO)[C@H]1CC2. The zero-order valence-electron chi connectivity index (χ0n) is 13.0. The van der Waals surface area contributed by atoms with E-state index in [1.54, 1.807) is 0 Å². The molecule has 1 nitrogen and oxygen atoms in total. The molecule has 4 aliphatic rings. The van der Waals surface area contributed by atoms with Crippen molar-refractivity contribution in [3.8, 4) is 0 Å². The summed E-state index contributed by atoms with van der Waals surface area (Å²) < 4.78 is 0. The van der Waals surface area contributed by atoms with E-state index in [-0.39, 0.29) is 5.41 Å². The Balaban J connectivity index is 1.69. The normalized spacial score (nSPS) is 54.1. The Morgan fingerprint density at radius 3 is 2.80 bits per heavy atom.